The molecule has 8 heteroatoms. The summed E-state index contributed by atoms with van der Waals surface area (Å²) in [7, 11) is 0. The molecule has 110 valence electrons. The zero-order valence-corrected chi connectivity index (χ0v) is 11.9. The van der Waals surface area contributed by atoms with Gasteiger partial charge in [0.1, 0.15) is 11.3 Å². The number of halogens is 5. The second-order valence-electron chi connectivity index (χ2n) is 4.38. The highest BCUT2D eigenvalue weighted by atomic mass is 35.5. The van der Waals surface area contributed by atoms with Gasteiger partial charge in [0, 0.05) is 19.2 Å². The lowest BCUT2D eigenvalue weighted by molar-refractivity contribution is -0.135. The monoisotopic (exact) mass is 325 g/mol. The lowest BCUT2D eigenvalue weighted by atomic mass is 10.2. The molecular weight excluding hydrogens is 314 g/mol. The number of aromatic nitrogens is 3. The first kappa shape index (κ1) is 15.4. The van der Waals surface area contributed by atoms with E-state index in [-0.39, 0.29) is 12.3 Å². The molecule has 0 radical (unpaired) electrons. The highest BCUT2D eigenvalue weighted by molar-refractivity contribution is 6.31. The molecule has 0 aliphatic carbocycles. The molecular formula is C12H12Cl2F3N3. The van der Waals surface area contributed by atoms with Crippen LogP contribution in [0.2, 0.25) is 5.02 Å². The van der Waals surface area contributed by atoms with Gasteiger partial charge in [-0.05, 0) is 18.9 Å². The third-order valence-corrected chi connectivity index (χ3v) is 3.29. The molecule has 2 heterocycles. The Morgan fingerprint density at radius 1 is 1.25 bits per heavy atom. The molecule has 0 N–H and O–H groups in total. The number of pyridine rings is 1. The van der Waals surface area contributed by atoms with Gasteiger partial charge in [-0.15, -0.1) is 11.6 Å². The van der Waals surface area contributed by atoms with Gasteiger partial charge in [-0.25, -0.2) is 9.97 Å². The molecule has 20 heavy (non-hydrogen) atoms. The normalized spacial score (nSPS) is 12.2. The van der Waals surface area contributed by atoms with Crippen LogP contribution in [0.25, 0.3) is 11.2 Å². The molecule has 3 nitrogen and oxygen atoms in total. The van der Waals surface area contributed by atoms with Crippen LogP contribution in [-0.4, -0.2) is 20.7 Å². The second kappa shape index (κ2) is 6.18. The van der Waals surface area contributed by atoms with Crippen molar-refractivity contribution in [2.45, 2.75) is 37.9 Å². The van der Waals surface area contributed by atoms with E-state index in [0.717, 1.165) is 0 Å². The first-order valence-electron chi connectivity index (χ1n) is 6.04. The second-order valence-corrected chi connectivity index (χ2v) is 5.09. The first-order valence-corrected chi connectivity index (χ1v) is 6.95. The Labute approximate surface area is 123 Å². The van der Waals surface area contributed by atoms with Crippen LogP contribution in [0, 0.1) is 0 Å². The number of aryl methyl sites for hydroxylation is 1. The van der Waals surface area contributed by atoms with Crippen molar-refractivity contribution >= 4 is 34.4 Å². The number of hydrogen-bond acceptors (Lipinski definition) is 2. The van der Waals surface area contributed by atoms with Crippen LogP contribution < -0.4 is 0 Å². The molecule has 0 bridgehead atoms. The van der Waals surface area contributed by atoms with E-state index in [2.05, 4.69) is 9.97 Å². The van der Waals surface area contributed by atoms with Gasteiger partial charge in [-0.3, -0.25) is 0 Å². The Balaban J connectivity index is 2.12. The summed E-state index contributed by atoms with van der Waals surface area (Å²) in [4.78, 5) is 8.45. The van der Waals surface area contributed by atoms with Crippen molar-refractivity contribution in [3.63, 3.8) is 0 Å². The van der Waals surface area contributed by atoms with Crippen molar-refractivity contribution in [1.82, 2.24) is 14.5 Å². The molecule has 2 aromatic rings. The smallest absolute Gasteiger partial charge is 0.312 e. The maximum Gasteiger partial charge on any atom is 0.389 e. The molecule has 0 spiro atoms. The van der Waals surface area contributed by atoms with Crippen LogP contribution in [0.3, 0.4) is 0 Å². The van der Waals surface area contributed by atoms with Crippen molar-refractivity contribution < 1.29 is 13.2 Å². The Bertz CT molecular complexity index is 595. The number of alkyl halides is 4. The molecule has 0 saturated carbocycles. The predicted octanol–water partition coefficient (Wildman–Crippen LogP) is 4.56. The number of hydrogen-bond donors (Lipinski definition) is 0. The lowest BCUT2D eigenvalue weighted by Gasteiger charge is -2.08. The van der Waals surface area contributed by atoms with E-state index in [1.165, 1.54) is 6.20 Å². The number of imidazole rings is 1. The van der Waals surface area contributed by atoms with E-state index < -0.39 is 12.6 Å². The summed E-state index contributed by atoms with van der Waals surface area (Å²) in [6, 6.07) is 1.66. The van der Waals surface area contributed by atoms with Gasteiger partial charge in [0.25, 0.3) is 0 Å². The fourth-order valence-corrected chi connectivity index (χ4v) is 2.32. The largest absolute Gasteiger partial charge is 0.389 e. The summed E-state index contributed by atoms with van der Waals surface area (Å²) in [5.74, 6) is 0.760. The van der Waals surface area contributed by atoms with E-state index in [9.17, 15) is 13.2 Å². The van der Waals surface area contributed by atoms with Gasteiger partial charge in [0.05, 0.1) is 10.9 Å². The molecule has 2 aromatic heterocycles. The number of unbranched alkanes of at least 4 members (excludes halogenated alkanes) is 1. The Morgan fingerprint density at radius 3 is 2.65 bits per heavy atom. The Hall–Kier alpha value is -1.01. The number of rotatable bonds is 5. The summed E-state index contributed by atoms with van der Waals surface area (Å²) < 4.78 is 38.0. The van der Waals surface area contributed by atoms with E-state index in [1.54, 1.807) is 10.6 Å². The molecule has 0 saturated heterocycles. The Morgan fingerprint density at radius 2 is 2.00 bits per heavy atom. The van der Waals surface area contributed by atoms with E-state index in [1.807, 2.05) is 0 Å². The van der Waals surface area contributed by atoms with Crippen LogP contribution in [0.1, 0.15) is 25.1 Å². The van der Waals surface area contributed by atoms with Gasteiger partial charge in [0.15, 0.2) is 5.65 Å². The molecule has 2 rings (SSSR count). The predicted molar refractivity (Wildman–Crippen MR) is 72.0 cm³/mol. The van der Waals surface area contributed by atoms with Crippen molar-refractivity contribution in [1.29, 1.82) is 0 Å². The van der Waals surface area contributed by atoms with Crippen LogP contribution in [-0.2, 0) is 12.4 Å². The molecule has 0 unspecified atom stereocenters. The summed E-state index contributed by atoms with van der Waals surface area (Å²) in [6.07, 6.45) is -2.96. The average Bonchev–Trinajstić information content (AvgIpc) is 2.70. The molecule has 0 aliphatic rings. The van der Waals surface area contributed by atoms with Crippen LogP contribution in [0.5, 0.6) is 0 Å². The Kier molecular flexibility index (Phi) is 4.75. The number of nitrogens with zero attached hydrogens (tertiary/aromatic N) is 3. The first-order chi connectivity index (χ1) is 9.40. The highest BCUT2D eigenvalue weighted by Crippen LogP contribution is 2.24. The third kappa shape index (κ3) is 3.76. The fraction of sp³-hybridized carbons (Fsp3) is 0.500. The van der Waals surface area contributed by atoms with Crippen molar-refractivity contribution in [3.8, 4) is 0 Å². The average molecular weight is 326 g/mol. The molecule has 0 aromatic carbocycles. The molecule has 0 aliphatic heterocycles. The number of fused-ring (bicyclic) bond motifs is 1. The fourth-order valence-electron chi connectivity index (χ4n) is 1.97. The summed E-state index contributed by atoms with van der Waals surface area (Å²) in [5.41, 5.74) is 1.20. The minimum atomic E-state index is -4.11. The topological polar surface area (TPSA) is 30.7 Å². The lowest BCUT2D eigenvalue weighted by Crippen LogP contribution is -2.08. The van der Waals surface area contributed by atoms with Gasteiger partial charge in [-0.1, -0.05) is 11.6 Å². The maximum atomic E-state index is 12.1. The van der Waals surface area contributed by atoms with Crippen LogP contribution in [0.4, 0.5) is 13.2 Å². The molecule has 0 amide bonds. The molecule has 0 atom stereocenters. The molecule has 0 fully saturated rings. The zero-order chi connectivity index (χ0) is 14.8. The third-order valence-electron chi connectivity index (χ3n) is 2.84. The van der Waals surface area contributed by atoms with Gasteiger partial charge < -0.3 is 4.57 Å². The summed E-state index contributed by atoms with van der Waals surface area (Å²) in [6.45, 7) is 0.406. The van der Waals surface area contributed by atoms with Crippen LogP contribution >= 0.6 is 23.2 Å². The van der Waals surface area contributed by atoms with E-state index in [4.69, 9.17) is 23.2 Å². The van der Waals surface area contributed by atoms with Crippen molar-refractivity contribution in [2.75, 3.05) is 0 Å². The van der Waals surface area contributed by atoms with Gasteiger partial charge >= 0.3 is 6.18 Å². The van der Waals surface area contributed by atoms with E-state index >= 15 is 0 Å². The van der Waals surface area contributed by atoms with E-state index in [0.29, 0.717) is 35.0 Å². The quantitative estimate of drug-likeness (QED) is 0.596. The SMILES string of the molecule is FC(F)(F)CCCCn1c(CCl)nc2cc(Cl)cnc21. The van der Waals surface area contributed by atoms with Gasteiger partial charge in [0.2, 0.25) is 0 Å². The van der Waals surface area contributed by atoms with Gasteiger partial charge in [-0.2, -0.15) is 13.2 Å². The highest BCUT2D eigenvalue weighted by Gasteiger charge is 2.26. The van der Waals surface area contributed by atoms with Crippen molar-refractivity contribution in [3.05, 3.63) is 23.1 Å². The minimum absolute atomic E-state index is 0.0679. The van der Waals surface area contributed by atoms with Crippen LogP contribution in [0.15, 0.2) is 12.3 Å². The summed E-state index contributed by atoms with van der Waals surface area (Å²) >= 11 is 11.6. The minimum Gasteiger partial charge on any atom is -0.312 e. The maximum absolute atomic E-state index is 12.1. The van der Waals surface area contributed by atoms with Crippen molar-refractivity contribution in [2.24, 2.45) is 0 Å². The zero-order valence-electron chi connectivity index (χ0n) is 10.4. The summed E-state index contributed by atoms with van der Waals surface area (Å²) in [5, 5.41) is 0.459. The standard InChI is InChI=1S/C12H12Cl2F3N3/c13-6-10-19-9-5-8(14)7-18-11(9)20(10)4-2-1-3-12(15,16)17/h5,7H,1-4,6H2.